The Morgan fingerprint density at radius 3 is 2.36 bits per heavy atom. The third-order valence-corrected chi connectivity index (χ3v) is 8.66. The number of imidazole rings is 1. The minimum absolute atomic E-state index is 0.0258. The molecule has 2 heterocycles. The summed E-state index contributed by atoms with van der Waals surface area (Å²) in [4.78, 5) is 41.2. The highest BCUT2D eigenvalue weighted by Gasteiger charge is 2.42. The van der Waals surface area contributed by atoms with E-state index in [2.05, 4.69) is 27.3 Å². The molecule has 5 rings (SSSR count). The van der Waals surface area contributed by atoms with Gasteiger partial charge in [0.05, 0.1) is 23.7 Å². The standard InChI is InChI=1S/C32H41N5O3.C2HF3O2/c1-24(38)34-18-10-17-32(40)16-9-8-15-28(32)37-23-35-29(30(37)26-13-6-3-7-14-26)31(39)36-20-19-33-22-27(36)21-25-11-4-2-5-12-25;3-2(4,5)1(6)7/h2-7,11-14,23,27-28,33,40H,8-10,15-22H2,1H3,(H,34,38);(H,6,7)/t27-,28+,32+;/m1./s1. The van der Waals surface area contributed by atoms with Gasteiger partial charge in [0.25, 0.3) is 5.91 Å². The molecule has 0 spiro atoms. The molecule has 3 atom stereocenters. The summed E-state index contributed by atoms with van der Waals surface area (Å²) < 4.78 is 33.8. The van der Waals surface area contributed by atoms with Crippen LogP contribution in [0.2, 0.25) is 0 Å². The maximum atomic E-state index is 14.2. The zero-order valence-electron chi connectivity index (χ0n) is 26.4. The van der Waals surface area contributed by atoms with E-state index in [0.717, 1.165) is 50.0 Å². The zero-order chi connectivity index (χ0) is 34.0. The lowest BCUT2D eigenvalue weighted by Crippen LogP contribution is -2.54. The highest BCUT2D eigenvalue weighted by atomic mass is 19.4. The van der Waals surface area contributed by atoms with Crippen LogP contribution in [0.1, 0.15) is 67.5 Å². The largest absolute Gasteiger partial charge is 0.490 e. The molecule has 2 aliphatic rings. The van der Waals surface area contributed by atoms with Crippen molar-refractivity contribution in [2.75, 3.05) is 26.2 Å². The molecule has 2 amide bonds. The summed E-state index contributed by atoms with van der Waals surface area (Å²) in [5.74, 6) is -2.88. The molecule has 0 bridgehead atoms. The number of halogens is 3. The van der Waals surface area contributed by atoms with Gasteiger partial charge in [-0.25, -0.2) is 9.78 Å². The number of carbonyl (C=O) groups excluding carboxylic acids is 2. The molecule has 1 aromatic heterocycles. The number of carbonyl (C=O) groups is 3. The topological polar surface area (TPSA) is 137 Å². The van der Waals surface area contributed by atoms with E-state index >= 15 is 0 Å². The van der Waals surface area contributed by atoms with Gasteiger partial charge in [0, 0.05) is 44.7 Å². The Morgan fingerprint density at radius 1 is 1.06 bits per heavy atom. The van der Waals surface area contributed by atoms with E-state index in [1.807, 2.05) is 53.4 Å². The molecule has 1 aliphatic carbocycles. The Bertz CT molecular complexity index is 1480. The van der Waals surface area contributed by atoms with Gasteiger partial charge in [-0.1, -0.05) is 73.5 Å². The number of carboxylic acids is 1. The van der Waals surface area contributed by atoms with Crippen molar-refractivity contribution >= 4 is 17.8 Å². The van der Waals surface area contributed by atoms with E-state index in [9.17, 15) is 27.9 Å². The van der Waals surface area contributed by atoms with Gasteiger partial charge in [0.15, 0.2) is 5.69 Å². The van der Waals surface area contributed by atoms with Crippen LogP contribution in [0.25, 0.3) is 11.3 Å². The van der Waals surface area contributed by atoms with E-state index in [0.29, 0.717) is 38.0 Å². The van der Waals surface area contributed by atoms with Crippen molar-refractivity contribution in [1.29, 1.82) is 0 Å². The number of carboxylic acid groups (broad SMARTS) is 1. The van der Waals surface area contributed by atoms with Gasteiger partial charge in [0.2, 0.25) is 5.91 Å². The fourth-order valence-corrected chi connectivity index (χ4v) is 6.42. The summed E-state index contributed by atoms with van der Waals surface area (Å²) in [6, 6.07) is 20.1. The Labute approximate surface area is 272 Å². The average molecular weight is 658 g/mol. The lowest BCUT2D eigenvalue weighted by atomic mass is 9.77. The first-order chi connectivity index (χ1) is 22.4. The third kappa shape index (κ3) is 9.41. The molecule has 10 nitrogen and oxygen atoms in total. The number of hydrogen-bond donors (Lipinski definition) is 4. The lowest BCUT2D eigenvalue weighted by Gasteiger charge is -2.41. The van der Waals surface area contributed by atoms with E-state index in [1.54, 1.807) is 6.33 Å². The van der Waals surface area contributed by atoms with E-state index in [4.69, 9.17) is 14.9 Å². The number of hydrogen-bond acceptors (Lipinski definition) is 6. The van der Waals surface area contributed by atoms with Gasteiger partial charge in [0.1, 0.15) is 0 Å². The van der Waals surface area contributed by atoms with Crippen LogP contribution in [0.3, 0.4) is 0 Å². The SMILES string of the molecule is CC(=O)NCCC[C@@]1(O)CCCC[C@@H]1n1cnc(C(=O)N2CCNC[C@H]2Cc2ccccc2)c1-c1ccccc1.O=C(O)C(F)(F)F. The minimum Gasteiger partial charge on any atom is -0.475 e. The molecule has 3 aromatic rings. The molecule has 47 heavy (non-hydrogen) atoms. The molecule has 0 radical (unpaired) electrons. The molecule has 4 N–H and O–H groups in total. The summed E-state index contributed by atoms with van der Waals surface area (Å²) in [5.41, 5.74) is 2.40. The molecule has 254 valence electrons. The number of rotatable bonds is 9. The first kappa shape index (κ1) is 35.6. The maximum Gasteiger partial charge on any atom is 0.490 e. The number of aromatic nitrogens is 2. The number of amides is 2. The van der Waals surface area contributed by atoms with Crippen molar-refractivity contribution < 1.29 is 37.8 Å². The normalized spacial score (nSPS) is 21.3. The smallest absolute Gasteiger partial charge is 0.475 e. The van der Waals surface area contributed by atoms with Crippen LogP contribution < -0.4 is 10.6 Å². The molecule has 1 saturated heterocycles. The molecule has 13 heteroatoms. The van der Waals surface area contributed by atoms with Crippen LogP contribution in [0.4, 0.5) is 13.2 Å². The quantitative estimate of drug-likeness (QED) is 0.247. The van der Waals surface area contributed by atoms with E-state index in [1.165, 1.54) is 12.5 Å². The van der Waals surface area contributed by atoms with E-state index < -0.39 is 17.7 Å². The monoisotopic (exact) mass is 657 g/mol. The number of piperazine rings is 1. The second kappa shape index (κ2) is 16.1. The first-order valence-corrected chi connectivity index (χ1v) is 15.9. The summed E-state index contributed by atoms with van der Waals surface area (Å²) in [6.45, 7) is 4.15. The van der Waals surface area contributed by atoms with E-state index in [-0.39, 0.29) is 23.9 Å². The zero-order valence-corrected chi connectivity index (χ0v) is 26.4. The number of benzene rings is 2. The molecule has 1 saturated carbocycles. The number of aliphatic carboxylic acids is 1. The predicted molar refractivity (Wildman–Crippen MR) is 170 cm³/mol. The van der Waals surface area contributed by atoms with Crippen LogP contribution in [-0.4, -0.2) is 86.4 Å². The van der Waals surface area contributed by atoms with Gasteiger partial charge >= 0.3 is 12.1 Å². The van der Waals surface area contributed by atoms with Crippen LogP contribution in [0.5, 0.6) is 0 Å². The summed E-state index contributed by atoms with van der Waals surface area (Å²) in [6.07, 6.45) is 2.17. The van der Waals surface area contributed by atoms with Gasteiger partial charge in [-0.15, -0.1) is 0 Å². The highest BCUT2D eigenvalue weighted by Crippen LogP contribution is 2.43. The van der Waals surface area contributed by atoms with Crippen LogP contribution >= 0.6 is 0 Å². The molecular weight excluding hydrogens is 615 g/mol. The fraction of sp³-hybridized carbons (Fsp3) is 0.471. The lowest BCUT2D eigenvalue weighted by molar-refractivity contribution is -0.192. The van der Waals surface area contributed by atoms with Crippen LogP contribution in [0.15, 0.2) is 67.0 Å². The predicted octanol–water partition coefficient (Wildman–Crippen LogP) is 4.60. The molecule has 1 aliphatic heterocycles. The number of nitrogens with one attached hydrogen (secondary N) is 2. The molecule has 2 fully saturated rings. The van der Waals surface area contributed by atoms with Crippen molar-refractivity contribution in [3.63, 3.8) is 0 Å². The third-order valence-electron chi connectivity index (χ3n) is 8.66. The number of aliphatic hydroxyl groups is 1. The van der Waals surface area contributed by atoms with Crippen molar-refractivity contribution in [1.82, 2.24) is 25.1 Å². The van der Waals surface area contributed by atoms with Gasteiger partial charge in [-0.2, -0.15) is 13.2 Å². The summed E-state index contributed by atoms with van der Waals surface area (Å²) >= 11 is 0. The summed E-state index contributed by atoms with van der Waals surface area (Å²) in [5, 5.41) is 25.4. The van der Waals surface area contributed by atoms with Gasteiger partial charge < -0.3 is 30.3 Å². The first-order valence-electron chi connectivity index (χ1n) is 15.9. The van der Waals surface area contributed by atoms with Crippen molar-refractivity contribution in [3.05, 3.63) is 78.2 Å². The maximum absolute atomic E-state index is 14.2. The molecular formula is C34H42F3N5O5. The van der Waals surface area contributed by atoms with Crippen molar-refractivity contribution in [2.24, 2.45) is 0 Å². The summed E-state index contributed by atoms with van der Waals surface area (Å²) in [7, 11) is 0. The second-order valence-electron chi connectivity index (χ2n) is 12.0. The Morgan fingerprint density at radius 2 is 1.72 bits per heavy atom. The molecule has 2 aromatic carbocycles. The van der Waals surface area contributed by atoms with Gasteiger partial charge in [-0.05, 0) is 37.7 Å². The minimum atomic E-state index is -5.08. The Kier molecular flexibility index (Phi) is 12.2. The molecule has 0 unspecified atom stereocenters. The number of nitrogens with zero attached hydrogens (tertiary/aromatic N) is 3. The number of alkyl halides is 3. The Balaban J connectivity index is 0.000000644. The highest BCUT2D eigenvalue weighted by molar-refractivity contribution is 5.98. The average Bonchev–Trinajstić information content (AvgIpc) is 3.49. The van der Waals surface area contributed by atoms with Crippen LogP contribution in [0, 0.1) is 0 Å². The second-order valence-corrected chi connectivity index (χ2v) is 12.0. The van der Waals surface area contributed by atoms with Gasteiger partial charge in [-0.3, -0.25) is 9.59 Å². The van der Waals surface area contributed by atoms with Crippen molar-refractivity contribution in [2.45, 2.75) is 75.7 Å². The fourth-order valence-electron chi connectivity index (χ4n) is 6.42. The van der Waals surface area contributed by atoms with Crippen LogP contribution in [-0.2, 0) is 16.0 Å². The van der Waals surface area contributed by atoms with Crippen molar-refractivity contribution in [3.8, 4) is 11.3 Å². The Hall–Kier alpha value is -4.23.